The van der Waals surface area contributed by atoms with Gasteiger partial charge in [-0.15, -0.1) is 0 Å². The molecule has 2 aromatic carbocycles. The third-order valence-electron chi connectivity index (χ3n) is 4.44. The monoisotopic (exact) mass is 367 g/mol. The molecule has 0 bridgehead atoms. The van der Waals surface area contributed by atoms with Gasteiger partial charge in [-0.05, 0) is 29.7 Å². The van der Waals surface area contributed by atoms with E-state index in [0.717, 1.165) is 17.7 Å². The molecule has 1 N–H and O–H groups in total. The first-order chi connectivity index (χ1) is 13.0. The molecule has 0 amide bonds. The van der Waals surface area contributed by atoms with Crippen LogP contribution in [0.15, 0.2) is 36.4 Å². The zero-order valence-corrected chi connectivity index (χ0v) is 15.3. The number of benzene rings is 2. The van der Waals surface area contributed by atoms with Crippen LogP contribution < -0.4 is 14.8 Å². The number of nitro benzene ring substituents is 1. The highest BCUT2D eigenvalue weighted by molar-refractivity contribution is 5.62. The summed E-state index contributed by atoms with van der Waals surface area (Å²) in [5, 5.41) is 23.7. The summed E-state index contributed by atoms with van der Waals surface area (Å²) in [4.78, 5) is 10.4. The van der Waals surface area contributed by atoms with Crippen molar-refractivity contribution in [3.05, 3.63) is 57.6 Å². The van der Waals surface area contributed by atoms with Crippen LogP contribution in [0.25, 0.3) is 0 Å². The van der Waals surface area contributed by atoms with Crippen molar-refractivity contribution in [3.8, 4) is 17.6 Å². The Morgan fingerprint density at radius 1 is 1.15 bits per heavy atom. The van der Waals surface area contributed by atoms with Gasteiger partial charge in [0.05, 0.1) is 35.4 Å². The van der Waals surface area contributed by atoms with Gasteiger partial charge >= 0.3 is 0 Å². The van der Waals surface area contributed by atoms with Gasteiger partial charge in [0.1, 0.15) is 6.07 Å². The Hall–Kier alpha value is -3.27. The average Bonchev–Trinajstić information content (AvgIpc) is 2.90. The van der Waals surface area contributed by atoms with Gasteiger partial charge in [-0.25, -0.2) is 0 Å². The minimum atomic E-state index is -0.506. The number of fused-ring (bicyclic) bond motifs is 1. The number of anilines is 1. The van der Waals surface area contributed by atoms with Crippen molar-refractivity contribution in [2.75, 3.05) is 18.5 Å². The van der Waals surface area contributed by atoms with Crippen molar-refractivity contribution >= 4 is 11.4 Å². The number of non-ortho nitro benzene ring substituents is 1. The average molecular weight is 367 g/mol. The predicted octanol–water partition coefficient (Wildman–Crippen LogP) is 4.44. The van der Waals surface area contributed by atoms with Crippen LogP contribution in [0.1, 0.15) is 37.4 Å². The van der Waals surface area contributed by atoms with E-state index in [4.69, 9.17) is 9.47 Å². The second kappa shape index (κ2) is 7.96. The SMILES string of the molecule is CC(C)C(Nc1ccc([N+](=O)[O-])cc1C#N)c1ccc2c(c1)OCCCO2. The van der Waals surface area contributed by atoms with Gasteiger partial charge in [0.15, 0.2) is 11.5 Å². The van der Waals surface area contributed by atoms with Crippen LogP contribution in [0.3, 0.4) is 0 Å². The minimum Gasteiger partial charge on any atom is -0.490 e. The number of nitro groups is 1. The van der Waals surface area contributed by atoms with Crippen LogP contribution in [0.2, 0.25) is 0 Å². The van der Waals surface area contributed by atoms with Gasteiger partial charge in [0.25, 0.3) is 5.69 Å². The molecule has 3 rings (SSSR count). The maximum absolute atomic E-state index is 10.9. The Labute approximate surface area is 157 Å². The Morgan fingerprint density at radius 3 is 2.56 bits per heavy atom. The molecule has 0 spiro atoms. The molecule has 1 heterocycles. The lowest BCUT2D eigenvalue weighted by atomic mass is 9.95. The molecule has 140 valence electrons. The molecule has 0 aromatic heterocycles. The van der Waals surface area contributed by atoms with E-state index in [-0.39, 0.29) is 23.2 Å². The van der Waals surface area contributed by atoms with Crippen molar-refractivity contribution in [2.24, 2.45) is 5.92 Å². The summed E-state index contributed by atoms with van der Waals surface area (Å²) >= 11 is 0. The fourth-order valence-electron chi connectivity index (χ4n) is 3.04. The highest BCUT2D eigenvalue weighted by Gasteiger charge is 2.21. The molecule has 2 aromatic rings. The Morgan fingerprint density at radius 2 is 1.89 bits per heavy atom. The molecule has 0 fully saturated rings. The number of nitrogens with one attached hydrogen (secondary N) is 1. The first-order valence-corrected chi connectivity index (χ1v) is 8.84. The van der Waals surface area contributed by atoms with Gasteiger partial charge in [0.2, 0.25) is 0 Å². The van der Waals surface area contributed by atoms with Crippen molar-refractivity contribution in [3.63, 3.8) is 0 Å². The molecule has 27 heavy (non-hydrogen) atoms. The van der Waals surface area contributed by atoms with Crippen LogP contribution in [-0.2, 0) is 0 Å². The van der Waals surface area contributed by atoms with E-state index in [1.165, 1.54) is 12.1 Å². The second-order valence-electron chi connectivity index (χ2n) is 6.72. The molecule has 1 aliphatic rings. The van der Waals surface area contributed by atoms with Crippen molar-refractivity contribution in [2.45, 2.75) is 26.3 Å². The Kier molecular flexibility index (Phi) is 5.46. The first-order valence-electron chi connectivity index (χ1n) is 8.84. The van der Waals surface area contributed by atoms with Gasteiger partial charge in [-0.3, -0.25) is 10.1 Å². The maximum atomic E-state index is 10.9. The summed E-state index contributed by atoms with van der Waals surface area (Å²) < 4.78 is 11.5. The molecule has 7 nitrogen and oxygen atoms in total. The van der Waals surface area contributed by atoms with Gasteiger partial charge < -0.3 is 14.8 Å². The van der Waals surface area contributed by atoms with E-state index < -0.39 is 4.92 Å². The number of nitrogens with zero attached hydrogens (tertiary/aromatic N) is 2. The number of hydrogen-bond donors (Lipinski definition) is 1. The topological polar surface area (TPSA) is 97.4 Å². The van der Waals surface area contributed by atoms with Crippen LogP contribution in [0.5, 0.6) is 11.5 Å². The summed E-state index contributed by atoms with van der Waals surface area (Å²) in [5.41, 5.74) is 1.70. The summed E-state index contributed by atoms with van der Waals surface area (Å²) in [5.74, 6) is 1.64. The lowest BCUT2D eigenvalue weighted by Crippen LogP contribution is -2.17. The van der Waals surface area contributed by atoms with Crippen molar-refractivity contribution < 1.29 is 14.4 Å². The van der Waals surface area contributed by atoms with Gasteiger partial charge in [-0.2, -0.15) is 5.26 Å². The highest BCUT2D eigenvalue weighted by Crippen LogP contribution is 2.36. The number of nitriles is 1. The van der Waals surface area contributed by atoms with E-state index in [9.17, 15) is 15.4 Å². The van der Waals surface area contributed by atoms with E-state index in [2.05, 4.69) is 19.2 Å². The molecule has 1 unspecified atom stereocenters. The van der Waals surface area contributed by atoms with E-state index in [1.54, 1.807) is 6.07 Å². The minimum absolute atomic E-state index is 0.101. The van der Waals surface area contributed by atoms with Crippen LogP contribution in [0.4, 0.5) is 11.4 Å². The fraction of sp³-hybridized carbons (Fsp3) is 0.350. The zero-order chi connectivity index (χ0) is 19.4. The molecule has 0 radical (unpaired) electrons. The fourth-order valence-corrected chi connectivity index (χ4v) is 3.04. The third-order valence-corrected chi connectivity index (χ3v) is 4.44. The number of ether oxygens (including phenoxy) is 2. The molecular weight excluding hydrogens is 346 g/mol. The van der Waals surface area contributed by atoms with E-state index in [0.29, 0.717) is 24.7 Å². The van der Waals surface area contributed by atoms with Crippen LogP contribution in [0, 0.1) is 27.4 Å². The smallest absolute Gasteiger partial charge is 0.270 e. The standard InChI is InChI=1S/C20H21N3O4/c1-13(2)20(14-4-7-18-19(11-14)27-9-3-8-26-18)22-17-6-5-16(23(24)25)10-15(17)12-21/h4-7,10-11,13,20,22H,3,8-9H2,1-2H3. The second-order valence-corrected chi connectivity index (χ2v) is 6.72. The summed E-state index contributed by atoms with van der Waals surface area (Å²) in [7, 11) is 0. The zero-order valence-electron chi connectivity index (χ0n) is 15.3. The van der Waals surface area contributed by atoms with E-state index >= 15 is 0 Å². The lowest BCUT2D eigenvalue weighted by molar-refractivity contribution is -0.384. The summed E-state index contributed by atoms with van der Waals surface area (Å²) in [6, 6.07) is 12.0. The Bertz CT molecular complexity index is 889. The Balaban J connectivity index is 1.92. The van der Waals surface area contributed by atoms with E-state index in [1.807, 2.05) is 24.3 Å². The maximum Gasteiger partial charge on any atom is 0.270 e. The molecule has 0 saturated heterocycles. The van der Waals surface area contributed by atoms with Crippen molar-refractivity contribution in [1.82, 2.24) is 0 Å². The predicted molar refractivity (Wildman–Crippen MR) is 101 cm³/mol. The largest absolute Gasteiger partial charge is 0.490 e. The molecule has 1 aliphatic heterocycles. The normalized spacial score (nSPS) is 14.1. The molecule has 1 atom stereocenters. The van der Waals surface area contributed by atoms with Crippen LogP contribution >= 0.6 is 0 Å². The van der Waals surface area contributed by atoms with Gasteiger partial charge in [-0.1, -0.05) is 19.9 Å². The van der Waals surface area contributed by atoms with Gasteiger partial charge in [0, 0.05) is 18.6 Å². The molecule has 0 saturated carbocycles. The molecular formula is C20H21N3O4. The number of hydrogen-bond acceptors (Lipinski definition) is 6. The summed E-state index contributed by atoms with van der Waals surface area (Å²) in [6.45, 7) is 5.37. The first kappa shape index (κ1) is 18.5. The molecule has 0 aliphatic carbocycles. The quantitative estimate of drug-likeness (QED) is 0.620. The lowest BCUT2D eigenvalue weighted by Gasteiger charge is -2.25. The third kappa shape index (κ3) is 4.11. The highest BCUT2D eigenvalue weighted by atomic mass is 16.6. The molecule has 7 heteroatoms. The van der Waals surface area contributed by atoms with Crippen LogP contribution in [-0.4, -0.2) is 18.1 Å². The number of rotatable bonds is 5. The summed E-state index contributed by atoms with van der Waals surface area (Å²) in [6.07, 6.45) is 0.837. The van der Waals surface area contributed by atoms with Crippen molar-refractivity contribution in [1.29, 1.82) is 5.26 Å².